The van der Waals surface area contributed by atoms with Crippen LogP contribution in [-0.4, -0.2) is 34.5 Å². The predicted molar refractivity (Wildman–Crippen MR) is 81.2 cm³/mol. The number of hydrogen-bond acceptors (Lipinski definition) is 2. The number of aryl methyl sites for hydroxylation is 3. The lowest BCUT2D eigenvalue weighted by Crippen LogP contribution is -2.36. The maximum Gasteiger partial charge on any atom is 0.305 e. The molecule has 0 spiro atoms. The minimum atomic E-state index is -0.825. The van der Waals surface area contributed by atoms with Crippen LogP contribution in [0.25, 0.3) is 0 Å². The zero-order valence-corrected chi connectivity index (χ0v) is 12.8. The number of benzene rings is 1. The smallest absolute Gasteiger partial charge is 0.305 e. The Kier molecular flexibility index (Phi) is 4.99. The summed E-state index contributed by atoms with van der Waals surface area (Å²) in [5.74, 6) is -0.743. The number of carboxylic acids is 1. The third-order valence-corrected chi connectivity index (χ3v) is 4.21. The Morgan fingerprint density at radius 1 is 1.33 bits per heavy atom. The first-order valence-corrected chi connectivity index (χ1v) is 7.55. The van der Waals surface area contributed by atoms with Gasteiger partial charge in [-0.3, -0.25) is 9.59 Å². The molecule has 1 amide bonds. The molecule has 1 unspecified atom stereocenters. The number of nitrogens with zero attached hydrogens (tertiary/aromatic N) is 1. The van der Waals surface area contributed by atoms with Crippen LogP contribution in [0.15, 0.2) is 18.2 Å². The largest absolute Gasteiger partial charge is 0.481 e. The summed E-state index contributed by atoms with van der Waals surface area (Å²) in [4.78, 5) is 24.9. The average molecular weight is 289 g/mol. The van der Waals surface area contributed by atoms with E-state index in [1.54, 1.807) is 4.90 Å². The molecule has 1 heterocycles. The Balaban J connectivity index is 1.93. The van der Waals surface area contributed by atoms with E-state index in [0.717, 1.165) is 19.3 Å². The van der Waals surface area contributed by atoms with Crippen LogP contribution in [0.4, 0.5) is 0 Å². The van der Waals surface area contributed by atoms with Crippen LogP contribution < -0.4 is 0 Å². The van der Waals surface area contributed by atoms with Crippen LogP contribution >= 0.6 is 0 Å². The summed E-state index contributed by atoms with van der Waals surface area (Å²) in [5, 5.41) is 8.91. The van der Waals surface area contributed by atoms with Crippen LogP contribution in [0.3, 0.4) is 0 Å². The lowest BCUT2D eigenvalue weighted by molar-refractivity contribution is -0.139. The van der Waals surface area contributed by atoms with Crippen molar-refractivity contribution in [1.82, 2.24) is 4.90 Å². The number of rotatable bonds is 5. The first kappa shape index (κ1) is 15.5. The van der Waals surface area contributed by atoms with Crippen LogP contribution in [0, 0.1) is 13.8 Å². The minimum Gasteiger partial charge on any atom is -0.481 e. The first-order chi connectivity index (χ1) is 9.97. The molecule has 0 radical (unpaired) electrons. The van der Waals surface area contributed by atoms with Crippen molar-refractivity contribution in [1.29, 1.82) is 0 Å². The average Bonchev–Trinajstić information content (AvgIpc) is 2.84. The second kappa shape index (κ2) is 6.74. The molecule has 2 rings (SSSR count). The summed E-state index contributed by atoms with van der Waals surface area (Å²) >= 11 is 0. The fourth-order valence-electron chi connectivity index (χ4n) is 3.09. The number of likely N-dealkylation sites (tertiary alicyclic amines) is 1. The lowest BCUT2D eigenvalue weighted by atomic mass is 10.0. The molecule has 114 valence electrons. The molecule has 4 nitrogen and oxygen atoms in total. The number of aliphatic carboxylic acids is 1. The van der Waals surface area contributed by atoms with Crippen molar-refractivity contribution in [3.8, 4) is 0 Å². The monoisotopic (exact) mass is 289 g/mol. The van der Waals surface area contributed by atoms with Crippen molar-refractivity contribution in [2.45, 2.75) is 52.0 Å². The fourth-order valence-corrected chi connectivity index (χ4v) is 3.09. The molecule has 1 aromatic carbocycles. The Labute approximate surface area is 125 Å². The molecule has 21 heavy (non-hydrogen) atoms. The van der Waals surface area contributed by atoms with E-state index in [0.29, 0.717) is 13.0 Å². The molecule has 0 bridgehead atoms. The maximum absolute atomic E-state index is 12.3. The van der Waals surface area contributed by atoms with E-state index >= 15 is 0 Å². The third kappa shape index (κ3) is 4.06. The highest BCUT2D eigenvalue weighted by atomic mass is 16.4. The summed E-state index contributed by atoms with van der Waals surface area (Å²) in [6.07, 6.45) is 2.96. The second-order valence-electron chi connectivity index (χ2n) is 5.91. The molecule has 4 heteroatoms. The SMILES string of the molecule is Cc1ccc(CCC(=O)N2CCCC2CC(=O)O)c(C)c1. The zero-order chi connectivity index (χ0) is 15.4. The molecule has 1 aliphatic heterocycles. The number of amides is 1. The van der Waals surface area contributed by atoms with Gasteiger partial charge in [-0.25, -0.2) is 0 Å². The van der Waals surface area contributed by atoms with E-state index in [2.05, 4.69) is 32.0 Å². The van der Waals surface area contributed by atoms with Gasteiger partial charge in [0.05, 0.1) is 6.42 Å². The number of hydrogen-bond donors (Lipinski definition) is 1. The summed E-state index contributed by atoms with van der Waals surface area (Å²) in [5.41, 5.74) is 3.64. The summed E-state index contributed by atoms with van der Waals surface area (Å²) in [6.45, 7) is 4.82. The van der Waals surface area contributed by atoms with Crippen molar-refractivity contribution < 1.29 is 14.7 Å². The molecule has 1 fully saturated rings. The van der Waals surface area contributed by atoms with Crippen LogP contribution in [0.2, 0.25) is 0 Å². The van der Waals surface area contributed by atoms with Crippen molar-refractivity contribution in [2.24, 2.45) is 0 Å². The van der Waals surface area contributed by atoms with Gasteiger partial charge in [0.2, 0.25) is 5.91 Å². The van der Waals surface area contributed by atoms with E-state index in [-0.39, 0.29) is 18.4 Å². The minimum absolute atomic E-state index is 0.0648. The highest BCUT2D eigenvalue weighted by Gasteiger charge is 2.29. The van der Waals surface area contributed by atoms with E-state index in [1.165, 1.54) is 16.7 Å². The van der Waals surface area contributed by atoms with Crippen LogP contribution in [0.5, 0.6) is 0 Å². The van der Waals surface area contributed by atoms with E-state index in [9.17, 15) is 9.59 Å². The molecule has 1 N–H and O–H groups in total. The van der Waals surface area contributed by atoms with Crippen molar-refractivity contribution >= 4 is 11.9 Å². The van der Waals surface area contributed by atoms with Gasteiger partial charge in [-0.05, 0) is 44.2 Å². The van der Waals surface area contributed by atoms with Gasteiger partial charge in [-0.1, -0.05) is 23.8 Å². The number of carbonyl (C=O) groups excluding carboxylic acids is 1. The molecule has 1 atom stereocenters. The molecule has 1 aliphatic rings. The highest BCUT2D eigenvalue weighted by molar-refractivity contribution is 5.78. The molecule has 1 aromatic rings. The Morgan fingerprint density at radius 3 is 2.76 bits per heavy atom. The first-order valence-electron chi connectivity index (χ1n) is 7.55. The van der Waals surface area contributed by atoms with Crippen molar-refractivity contribution in [3.63, 3.8) is 0 Å². The Hall–Kier alpha value is -1.84. The number of carbonyl (C=O) groups is 2. The molecule has 0 aliphatic carbocycles. The van der Waals surface area contributed by atoms with E-state index in [1.807, 2.05) is 0 Å². The molecule has 1 saturated heterocycles. The normalized spacial score (nSPS) is 18.0. The molecular formula is C17H23NO3. The van der Waals surface area contributed by atoms with Gasteiger partial charge >= 0.3 is 5.97 Å². The maximum atomic E-state index is 12.3. The third-order valence-electron chi connectivity index (χ3n) is 4.21. The van der Waals surface area contributed by atoms with Gasteiger partial charge in [-0.2, -0.15) is 0 Å². The van der Waals surface area contributed by atoms with Crippen molar-refractivity contribution in [2.75, 3.05) is 6.54 Å². The lowest BCUT2D eigenvalue weighted by Gasteiger charge is -2.23. The summed E-state index contributed by atoms with van der Waals surface area (Å²) < 4.78 is 0. The van der Waals surface area contributed by atoms with Crippen LogP contribution in [0.1, 0.15) is 42.4 Å². The second-order valence-corrected chi connectivity index (χ2v) is 5.91. The molecule has 0 saturated carbocycles. The van der Waals surface area contributed by atoms with Gasteiger partial charge in [0.25, 0.3) is 0 Å². The Bertz CT molecular complexity index is 539. The quantitative estimate of drug-likeness (QED) is 0.906. The number of carboxylic acid groups (broad SMARTS) is 1. The zero-order valence-electron chi connectivity index (χ0n) is 12.8. The predicted octanol–water partition coefficient (Wildman–Crippen LogP) is 2.70. The fraction of sp³-hybridized carbons (Fsp3) is 0.529. The van der Waals surface area contributed by atoms with Crippen molar-refractivity contribution in [3.05, 3.63) is 34.9 Å². The van der Waals surface area contributed by atoms with Gasteiger partial charge in [0.1, 0.15) is 0 Å². The molecule has 0 aromatic heterocycles. The van der Waals surface area contributed by atoms with E-state index in [4.69, 9.17) is 5.11 Å². The van der Waals surface area contributed by atoms with Gasteiger partial charge < -0.3 is 10.0 Å². The Morgan fingerprint density at radius 2 is 2.10 bits per heavy atom. The summed E-state index contributed by atoms with van der Waals surface area (Å²) in [6, 6.07) is 6.16. The van der Waals surface area contributed by atoms with Gasteiger partial charge in [-0.15, -0.1) is 0 Å². The van der Waals surface area contributed by atoms with Crippen LogP contribution in [-0.2, 0) is 16.0 Å². The van der Waals surface area contributed by atoms with Gasteiger partial charge in [0.15, 0.2) is 0 Å². The topological polar surface area (TPSA) is 57.6 Å². The standard InChI is InChI=1S/C17H23NO3/c1-12-5-6-14(13(2)10-12)7-8-16(19)18-9-3-4-15(18)11-17(20)21/h5-6,10,15H,3-4,7-9,11H2,1-2H3,(H,20,21). The van der Waals surface area contributed by atoms with E-state index < -0.39 is 5.97 Å². The summed E-state index contributed by atoms with van der Waals surface area (Å²) in [7, 11) is 0. The molecular weight excluding hydrogens is 266 g/mol. The van der Waals surface area contributed by atoms with Gasteiger partial charge in [0, 0.05) is 19.0 Å². The highest BCUT2D eigenvalue weighted by Crippen LogP contribution is 2.22.